The van der Waals surface area contributed by atoms with Gasteiger partial charge in [-0.3, -0.25) is 0 Å². The monoisotopic (exact) mass is 154 g/mol. The molecule has 0 N–H and O–H groups in total. The Kier molecular flexibility index (Phi) is 2.61. The first-order chi connectivity index (χ1) is 5.09. The van der Waals surface area contributed by atoms with E-state index in [1.54, 1.807) is 0 Å². The number of hydrogen-bond acceptors (Lipinski definition) is 0. The molecule has 1 saturated carbocycles. The van der Waals surface area contributed by atoms with Crippen LogP contribution in [0.25, 0.3) is 0 Å². The minimum absolute atomic E-state index is 0.891. The lowest BCUT2D eigenvalue weighted by molar-refractivity contribution is -0.0309. The summed E-state index contributed by atoms with van der Waals surface area (Å²) in [5.41, 5.74) is 0. The Balaban J connectivity index is 2.49. The molecule has 2 unspecified atom stereocenters. The van der Waals surface area contributed by atoms with E-state index >= 15 is 0 Å². The van der Waals surface area contributed by atoms with Crippen LogP contribution in [-0.2, 0) is 0 Å². The molecule has 0 bridgehead atoms. The summed E-state index contributed by atoms with van der Waals surface area (Å²) >= 11 is 0. The van der Waals surface area contributed by atoms with Gasteiger partial charge in [0.05, 0.1) is 0 Å². The predicted molar refractivity (Wildman–Crippen MR) is 50.4 cm³/mol. The summed E-state index contributed by atoms with van der Waals surface area (Å²) in [5, 5.41) is 0. The van der Waals surface area contributed by atoms with E-state index in [0.29, 0.717) is 0 Å². The molecule has 0 heterocycles. The molecule has 0 nitrogen and oxygen atoms in total. The van der Waals surface area contributed by atoms with Crippen LogP contribution in [0.4, 0.5) is 0 Å². The van der Waals surface area contributed by atoms with Gasteiger partial charge in [0.1, 0.15) is 0 Å². The van der Waals surface area contributed by atoms with Crippen molar-refractivity contribution in [2.45, 2.75) is 41.0 Å². The van der Waals surface area contributed by atoms with Crippen molar-refractivity contribution in [1.82, 2.24) is 0 Å². The molecule has 0 heteroatoms. The molecule has 66 valence electrons. The Morgan fingerprint density at radius 2 is 1.55 bits per heavy atom. The molecular weight excluding hydrogens is 132 g/mol. The Bertz CT molecular complexity index is 116. The summed E-state index contributed by atoms with van der Waals surface area (Å²) in [6, 6.07) is 0. The van der Waals surface area contributed by atoms with Gasteiger partial charge in [-0.25, -0.2) is 0 Å². The van der Waals surface area contributed by atoms with E-state index in [-0.39, 0.29) is 0 Å². The zero-order valence-electron chi connectivity index (χ0n) is 8.59. The van der Waals surface area contributed by atoms with E-state index in [1.807, 2.05) is 0 Å². The lowest BCUT2D eigenvalue weighted by atomic mass is 9.54. The van der Waals surface area contributed by atoms with Crippen molar-refractivity contribution in [3.63, 3.8) is 0 Å². The highest BCUT2D eigenvalue weighted by Crippen LogP contribution is 2.50. The van der Waals surface area contributed by atoms with Crippen LogP contribution in [0.1, 0.15) is 41.0 Å². The molecule has 0 radical (unpaired) electrons. The first-order valence-electron chi connectivity index (χ1n) is 5.09. The third kappa shape index (κ3) is 1.32. The molecular formula is C11H22. The molecule has 1 rings (SSSR count). The van der Waals surface area contributed by atoms with Crippen molar-refractivity contribution < 1.29 is 0 Å². The van der Waals surface area contributed by atoms with Gasteiger partial charge < -0.3 is 0 Å². The second kappa shape index (κ2) is 3.16. The summed E-state index contributed by atoms with van der Waals surface area (Å²) < 4.78 is 0. The minimum Gasteiger partial charge on any atom is -0.0651 e. The quantitative estimate of drug-likeness (QED) is 0.570. The molecule has 0 aromatic rings. The Morgan fingerprint density at radius 1 is 1.09 bits per heavy atom. The zero-order chi connectivity index (χ0) is 8.59. The van der Waals surface area contributed by atoms with Gasteiger partial charge in [-0.1, -0.05) is 41.0 Å². The van der Waals surface area contributed by atoms with Gasteiger partial charge in [0.15, 0.2) is 0 Å². The first-order valence-corrected chi connectivity index (χ1v) is 5.09. The fourth-order valence-corrected chi connectivity index (χ4v) is 3.34. The molecule has 1 fully saturated rings. The van der Waals surface area contributed by atoms with Gasteiger partial charge in [-0.2, -0.15) is 0 Å². The van der Waals surface area contributed by atoms with E-state index in [4.69, 9.17) is 0 Å². The molecule has 11 heavy (non-hydrogen) atoms. The Morgan fingerprint density at radius 3 is 1.82 bits per heavy atom. The molecule has 0 spiro atoms. The van der Waals surface area contributed by atoms with Gasteiger partial charge in [0.25, 0.3) is 0 Å². The third-order valence-electron chi connectivity index (χ3n) is 3.81. The van der Waals surface area contributed by atoms with Crippen LogP contribution < -0.4 is 0 Å². The average Bonchev–Trinajstić information content (AvgIpc) is 1.87. The molecule has 0 aromatic carbocycles. The molecule has 0 aliphatic heterocycles. The Hall–Kier alpha value is 0. The smallest absolute Gasteiger partial charge is 0.0334 e. The van der Waals surface area contributed by atoms with Gasteiger partial charge in [-0.15, -0.1) is 0 Å². The largest absolute Gasteiger partial charge is 0.0651 e. The van der Waals surface area contributed by atoms with Crippen LogP contribution in [-0.4, -0.2) is 0 Å². The van der Waals surface area contributed by atoms with Crippen molar-refractivity contribution in [1.29, 1.82) is 0 Å². The summed E-state index contributed by atoms with van der Waals surface area (Å²) in [5.74, 6) is 4.87. The van der Waals surface area contributed by atoms with Crippen LogP contribution in [0.2, 0.25) is 0 Å². The summed E-state index contributed by atoms with van der Waals surface area (Å²) in [6.45, 7) is 11.9. The number of hydrogen-bond donors (Lipinski definition) is 0. The molecule has 0 aromatic heterocycles. The molecule has 2 atom stereocenters. The third-order valence-corrected chi connectivity index (χ3v) is 3.81. The predicted octanol–water partition coefficient (Wildman–Crippen LogP) is 3.57. The normalized spacial score (nSPS) is 44.2. The maximum atomic E-state index is 2.43. The van der Waals surface area contributed by atoms with Gasteiger partial charge in [-0.05, 0) is 29.6 Å². The maximum Gasteiger partial charge on any atom is -0.0334 e. The van der Waals surface area contributed by atoms with Crippen LogP contribution in [0.15, 0.2) is 0 Å². The highest BCUT2D eigenvalue weighted by molar-refractivity contribution is 4.92. The van der Waals surface area contributed by atoms with Crippen molar-refractivity contribution >= 4 is 0 Å². The first kappa shape index (κ1) is 9.09. The van der Waals surface area contributed by atoms with E-state index in [1.165, 1.54) is 6.42 Å². The van der Waals surface area contributed by atoms with E-state index in [9.17, 15) is 0 Å². The molecule has 1 aliphatic rings. The van der Waals surface area contributed by atoms with E-state index in [2.05, 4.69) is 34.6 Å². The highest BCUT2D eigenvalue weighted by Gasteiger charge is 2.44. The van der Waals surface area contributed by atoms with Crippen molar-refractivity contribution in [2.75, 3.05) is 0 Å². The summed E-state index contributed by atoms with van der Waals surface area (Å²) in [7, 11) is 0. The minimum atomic E-state index is 0.891. The topological polar surface area (TPSA) is 0 Å². The average molecular weight is 154 g/mol. The Labute approximate surface area is 71.4 Å². The van der Waals surface area contributed by atoms with Crippen LogP contribution in [0.5, 0.6) is 0 Å². The van der Waals surface area contributed by atoms with E-state index < -0.39 is 0 Å². The van der Waals surface area contributed by atoms with Crippen LogP contribution >= 0.6 is 0 Å². The van der Waals surface area contributed by atoms with Crippen LogP contribution in [0, 0.1) is 29.6 Å². The van der Waals surface area contributed by atoms with E-state index in [0.717, 1.165) is 29.6 Å². The zero-order valence-corrected chi connectivity index (χ0v) is 8.59. The van der Waals surface area contributed by atoms with Gasteiger partial charge in [0, 0.05) is 0 Å². The lowest BCUT2D eigenvalue weighted by Gasteiger charge is -2.51. The molecule has 0 saturated heterocycles. The van der Waals surface area contributed by atoms with Crippen molar-refractivity contribution in [2.24, 2.45) is 29.6 Å². The van der Waals surface area contributed by atoms with Crippen molar-refractivity contribution in [3.8, 4) is 0 Å². The summed E-state index contributed by atoms with van der Waals surface area (Å²) in [6.07, 6.45) is 1.38. The second-order valence-electron chi connectivity index (χ2n) is 4.61. The second-order valence-corrected chi connectivity index (χ2v) is 4.61. The summed E-state index contributed by atoms with van der Waals surface area (Å²) in [4.78, 5) is 0. The molecule has 1 aliphatic carbocycles. The van der Waals surface area contributed by atoms with Crippen LogP contribution in [0.3, 0.4) is 0 Å². The maximum absolute atomic E-state index is 2.43. The number of rotatable bonds is 2. The molecule has 0 amide bonds. The van der Waals surface area contributed by atoms with Gasteiger partial charge in [0.2, 0.25) is 0 Å². The fraction of sp³-hybridized carbons (Fsp3) is 1.00. The SMILES string of the molecule is CCC1C(C)C(C(C)C)C1C. The lowest BCUT2D eigenvalue weighted by Crippen LogP contribution is -2.45. The highest BCUT2D eigenvalue weighted by atomic mass is 14.5. The fourth-order valence-electron chi connectivity index (χ4n) is 3.34. The standard InChI is InChI=1S/C11H22/c1-6-10-8(4)11(7(2)3)9(10)5/h7-11H,6H2,1-5H3. The van der Waals surface area contributed by atoms with Crippen molar-refractivity contribution in [3.05, 3.63) is 0 Å². The van der Waals surface area contributed by atoms with Gasteiger partial charge >= 0.3 is 0 Å².